The summed E-state index contributed by atoms with van der Waals surface area (Å²) in [5.41, 5.74) is 13.9. The smallest absolute Gasteiger partial charge is 0.206 e. The summed E-state index contributed by atoms with van der Waals surface area (Å²) in [6.45, 7) is 4.21. The van der Waals surface area contributed by atoms with Gasteiger partial charge in [0.15, 0.2) is 0 Å². The van der Waals surface area contributed by atoms with Crippen LogP contribution in [0.2, 0.25) is 0 Å². The van der Waals surface area contributed by atoms with E-state index in [1.807, 2.05) is 0 Å². The van der Waals surface area contributed by atoms with E-state index in [-0.39, 0.29) is 18.4 Å². The van der Waals surface area contributed by atoms with Crippen molar-refractivity contribution in [2.75, 3.05) is 0 Å². The van der Waals surface area contributed by atoms with E-state index in [4.69, 9.17) is 11.1 Å². The zero-order valence-electron chi connectivity index (χ0n) is 10.0. The topological polar surface area (TPSA) is 74.3 Å². The molecule has 1 aromatic carbocycles. The fraction of sp³-hybridized carbons (Fsp3) is 0.333. The minimum absolute atomic E-state index is 0. The van der Waals surface area contributed by atoms with Crippen LogP contribution in [0.3, 0.4) is 0 Å². The highest BCUT2D eigenvalue weighted by Gasteiger charge is 2.21. The van der Waals surface area contributed by atoms with Gasteiger partial charge in [-0.2, -0.15) is 5.10 Å². The van der Waals surface area contributed by atoms with Gasteiger partial charge in [-0.25, -0.2) is 5.43 Å². The molecule has 0 aromatic heterocycles. The molecule has 4 N–H and O–H groups in total. The molecule has 0 saturated carbocycles. The molecule has 92 valence electrons. The third-order valence-electron chi connectivity index (χ3n) is 2.97. The van der Waals surface area contributed by atoms with Crippen LogP contribution in [-0.4, -0.2) is 11.7 Å². The zero-order chi connectivity index (χ0) is 11.7. The highest BCUT2D eigenvalue weighted by molar-refractivity contribution is 6.06. The lowest BCUT2D eigenvalue weighted by Gasteiger charge is -2.07. The van der Waals surface area contributed by atoms with E-state index in [9.17, 15) is 0 Å². The molecule has 0 atom stereocenters. The minimum atomic E-state index is -0.119. The van der Waals surface area contributed by atoms with Gasteiger partial charge in [-0.15, -0.1) is 12.4 Å². The average molecular weight is 253 g/mol. The molecule has 0 amide bonds. The molecule has 17 heavy (non-hydrogen) atoms. The number of aryl methyl sites for hydroxylation is 2. The molecule has 0 saturated heterocycles. The summed E-state index contributed by atoms with van der Waals surface area (Å²) < 4.78 is 0. The van der Waals surface area contributed by atoms with E-state index in [2.05, 4.69) is 36.5 Å². The molecule has 0 radical (unpaired) electrons. The second kappa shape index (κ2) is 5.19. The maximum atomic E-state index is 7.10. The maximum Gasteiger partial charge on any atom is 0.206 e. The molecule has 1 aliphatic rings. The first kappa shape index (κ1) is 13.5. The van der Waals surface area contributed by atoms with Gasteiger partial charge in [0.05, 0.1) is 5.71 Å². The fourth-order valence-electron chi connectivity index (χ4n) is 2.20. The Kier molecular flexibility index (Phi) is 4.12. The van der Waals surface area contributed by atoms with Gasteiger partial charge in [-0.05, 0) is 43.4 Å². The maximum absolute atomic E-state index is 7.10. The molecule has 0 bridgehead atoms. The Morgan fingerprint density at radius 3 is 2.59 bits per heavy atom. The summed E-state index contributed by atoms with van der Waals surface area (Å²) >= 11 is 0. The Morgan fingerprint density at radius 1 is 1.29 bits per heavy atom. The van der Waals surface area contributed by atoms with Crippen LogP contribution in [0.1, 0.15) is 28.7 Å². The monoisotopic (exact) mass is 252 g/mol. The van der Waals surface area contributed by atoms with Gasteiger partial charge in [-0.1, -0.05) is 12.1 Å². The molecule has 1 aliphatic carbocycles. The third kappa shape index (κ3) is 2.58. The predicted octanol–water partition coefficient (Wildman–Crippen LogP) is 1.86. The van der Waals surface area contributed by atoms with Gasteiger partial charge in [0, 0.05) is 5.56 Å². The highest BCUT2D eigenvalue weighted by Crippen LogP contribution is 2.28. The highest BCUT2D eigenvalue weighted by atomic mass is 35.5. The molecule has 0 heterocycles. The van der Waals surface area contributed by atoms with Crippen molar-refractivity contribution in [3.8, 4) is 0 Å². The summed E-state index contributed by atoms with van der Waals surface area (Å²) in [5, 5.41) is 11.3. The number of nitrogens with one attached hydrogen (secondary N) is 2. The van der Waals surface area contributed by atoms with Crippen molar-refractivity contribution < 1.29 is 0 Å². The van der Waals surface area contributed by atoms with Crippen LogP contribution in [0.15, 0.2) is 17.2 Å². The summed E-state index contributed by atoms with van der Waals surface area (Å²) in [4.78, 5) is 0. The summed E-state index contributed by atoms with van der Waals surface area (Å²) in [6.07, 6.45) is 1.95. The van der Waals surface area contributed by atoms with Crippen LogP contribution < -0.4 is 11.2 Å². The van der Waals surface area contributed by atoms with E-state index in [1.165, 1.54) is 22.3 Å². The normalized spacial score (nSPS) is 15.3. The third-order valence-corrected chi connectivity index (χ3v) is 2.97. The number of halogens is 1. The van der Waals surface area contributed by atoms with Gasteiger partial charge in [0.25, 0.3) is 0 Å². The number of hydrogen-bond acceptors (Lipinski definition) is 2. The van der Waals surface area contributed by atoms with Crippen molar-refractivity contribution in [2.24, 2.45) is 10.8 Å². The predicted molar refractivity (Wildman–Crippen MR) is 73.1 cm³/mol. The Morgan fingerprint density at radius 2 is 1.94 bits per heavy atom. The lowest BCUT2D eigenvalue weighted by molar-refractivity contribution is 0.975. The summed E-state index contributed by atoms with van der Waals surface area (Å²) in [5.74, 6) is -0.119. The molecular weight excluding hydrogens is 236 g/mol. The molecule has 2 rings (SSSR count). The average Bonchev–Trinajstić information content (AvgIpc) is 2.65. The number of rotatable bonds is 1. The molecule has 4 nitrogen and oxygen atoms in total. The summed E-state index contributed by atoms with van der Waals surface area (Å²) in [6, 6.07) is 4.26. The SMILES string of the molecule is Cc1ccc(C)c2c1CCC2=NNC(=N)N.Cl. The Bertz CT molecular complexity index is 480. The number of hydrazone groups is 1. The minimum Gasteiger partial charge on any atom is -0.369 e. The van der Waals surface area contributed by atoms with E-state index < -0.39 is 0 Å². The van der Waals surface area contributed by atoms with Crippen molar-refractivity contribution in [1.82, 2.24) is 5.43 Å². The first-order valence-electron chi connectivity index (χ1n) is 5.35. The molecule has 0 unspecified atom stereocenters. The van der Waals surface area contributed by atoms with Gasteiger partial charge >= 0.3 is 0 Å². The number of guanidine groups is 1. The quantitative estimate of drug-likeness (QED) is 0.405. The van der Waals surface area contributed by atoms with Crippen molar-refractivity contribution in [3.05, 3.63) is 34.4 Å². The first-order valence-corrected chi connectivity index (χ1v) is 5.35. The van der Waals surface area contributed by atoms with Crippen LogP contribution in [0, 0.1) is 19.3 Å². The fourth-order valence-corrected chi connectivity index (χ4v) is 2.20. The number of hydrogen-bond donors (Lipinski definition) is 3. The number of benzene rings is 1. The van der Waals surface area contributed by atoms with Gasteiger partial charge in [0.2, 0.25) is 5.96 Å². The standard InChI is InChI=1S/C12H16N4.ClH/c1-7-3-4-8(2)11-9(7)5-6-10(11)15-16-12(13)14;/h3-4H,5-6H2,1-2H3,(H4,13,14,16);1H. The van der Waals surface area contributed by atoms with Gasteiger partial charge < -0.3 is 5.73 Å². The first-order chi connectivity index (χ1) is 7.59. The second-order valence-electron chi connectivity index (χ2n) is 4.14. The van der Waals surface area contributed by atoms with E-state index in [0.29, 0.717) is 0 Å². The van der Waals surface area contributed by atoms with Crippen molar-refractivity contribution in [1.29, 1.82) is 5.41 Å². The van der Waals surface area contributed by atoms with E-state index in [1.54, 1.807) is 0 Å². The van der Waals surface area contributed by atoms with Crippen LogP contribution in [-0.2, 0) is 6.42 Å². The molecular formula is C12H17ClN4. The lowest BCUT2D eigenvalue weighted by atomic mass is 9.99. The van der Waals surface area contributed by atoms with Crippen molar-refractivity contribution in [2.45, 2.75) is 26.7 Å². The van der Waals surface area contributed by atoms with Gasteiger partial charge in [0.1, 0.15) is 0 Å². The van der Waals surface area contributed by atoms with Crippen LogP contribution in [0.4, 0.5) is 0 Å². The van der Waals surface area contributed by atoms with Crippen molar-refractivity contribution in [3.63, 3.8) is 0 Å². The Hall–Kier alpha value is -1.55. The van der Waals surface area contributed by atoms with Crippen LogP contribution >= 0.6 is 12.4 Å². The Balaban J connectivity index is 0.00000144. The van der Waals surface area contributed by atoms with E-state index >= 15 is 0 Å². The molecule has 0 spiro atoms. The second-order valence-corrected chi connectivity index (χ2v) is 4.14. The molecule has 1 aromatic rings. The van der Waals surface area contributed by atoms with Crippen LogP contribution in [0.25, 0.3) is 0 Å². The van der Waals surface area contributed by atoms with Gasteiger partial charge in [-0.3, -0.25) is 5.41 Å². The molecule has 5 heteroatoms. The zero-order valence-corrected chi connectivity index (χ0v) is 10.8. The van der Waals surface area contributed by atoms with Crippen LogP contribution in [0.5, 0.6) is 0 Å². The largest absolute Gasteiger partial charge is 0.369 e. The number of nitrogens with zero attached hydrogens (tertiary/aromatic N) is 1. The number of nitrogens with two attached hydrogens (primary N) is 1. The van der Waals surface area contributed by atoms with E-state index in [0.717, 1.165) is 18.6 Å². The molecule has 0 aliphatic heterocycles. The summed E-state index contributed by atoms with van der Waals surface area (Å²) in [7, 11) is 0. The lowest BCUT2D eigenvalue weighted by Crippen LogP contribution is -2.26. The van der Waals surface area contributed by atoms with Crippen molar-refractivity contribution >= 4 is 24.1 Å². The Labute approximate surface area is 107 Å². The molecule has 0 fully saturated rings. The number of fused-ring (bicyclic) bond motifs is 1.